The van der Waals surface area contributed by atoms with Crippen LogP contribution in [0.4, 0.5) is 17.6 Å². The fraction of sp³-hybridized carbons (Fsp3) is 0.667. The molecular weight excluding hydrogens is 210 g/mol. The summed E-state index contributed by atoms with van der Waals surface area (Å²) < 4.78 is 47.4. The van der Waals surface area contributed by atoms with Gasteiger partial charge in [-0.3, -0.25) is 9.59 Å². The van der Waals surface area contributed by atoms with Gasteiger partial charge in [-0.05, 0) is 0 Å². The van der Waals surface area contributed by atoms with Crippen molar-refractivity contribution < 1.29 is 32.3 Å². The lowest BCUT2D eigenvalue weighted by atomic mass is 10.3. The van der Waals surface area contributed by atoms with Gasteiger partial charge in [-0.1, -0.05) is 0 Å². The van der Waals surface area contributed by atoms with Gasteiger partial charge in [0.05, 0.1) is 6.42 Å². The Labute approximate surface area is 75.9 Å². The van der Waals surface area contributed by atoms with Gasteiger partial charge >= 0.3 is 18.3 Å². The maximum absolute atomic E-state index is 12.2. The molecule has 0 aromatic heterocycles. The minimum absolute atomic E-state index is 0.606. The van der Waals surface area contributed by atoms with Gasteiger partial charge in [0.15, 0.2) is 0 Å². The van der Waals surface area contributed by atoms with Crippen LogP contribution >= 0.6 is 0 Å². The summed E-state index contributed by atoms with van der Waals surface area (Å²) in [6.07, 6.45) is -4.71. The second-order valence-electron chi connectivity index (χ2n) is 2.32. The zero-order valence-electron chi connectivity index (χ0n) is 6.77. The molecule has 0 saturated carbocycles. The molecular formula is C6H7F4NO3. The topological polar surface area (TPSA) is 66.4 Å². The van der Waals surface area contributed by atoms with E-state index in [0.717, 1.165) is 0 Å². The number of hydrogen-bond donors (Lipinski definition) is 2. The van der Waals surface area contributed by atoms with Gasteiger partial charge in [0, 0.05) is 6.54 Å². The number of nitrogens with one attached hydrogen (secondary N) is 1. The van der Waals surface area contributed by atoms with Crippen molar-refractivity contribution in [3.63, 3.8) is 0 Å². The van der Waals surface area contributed by atoms with E-state index in [1.54, 1.807) is 0 Å². The average molecular weight is 217 g/mol. The second kappa shape index (κ2) is 4.77. The van der Waals surface area contributed by atoms with E-state index in [9.17, 15) is 27.2 Å². The molecule has 1 amide bonds. The Kier molecular flexibility index (Phi) is 4.32. The van der Waals surface area contributed by atoms with E-state index in [0.29, 0.717) is 0 Å². The van der Waals surface area contributed by atoms with E-state index in [1.807, 2.05) is 0 Å². The lowest BCUT2D eigenvalue weighted by Gasteiger charge is -2.13. The van der Waals surface area contributed by atoms with Gasteiger partial charge in [0.1, 0.15) is 0 Å². The number of hydrogen-bond acceptors (Lipinski definition) is 2. The second-order valence-corrected chi connectivity index (χ2v) is 2.32. The summed E-state index contributed by atoms with van der Waals surface area (Å²) in [7, 11) is 0. The van der Waals surface area contributed by atoms with Crippen molar-refractivity contribution in [3.8, 4) is 0 Å². The van der Waals surface area contributed by atoms with E-state index in [-0.39, 0.29) is 0 Å². The van der Waals surface area contributed by atoms with Crippen LogP contribution in [0.25, 0.3) is 0 Å². The highest BCUT2D eigenvalue weighted by Gasteiger charge is 2.48. The number of carbonyl (C=O) groups excluding carboxylic acids is 1. The normalized spacial score (nSPS) is 11.5. The van der Waals surface area contributed by atoms with Crippen LogP contribution in [0.15, 0.2) is 0 Å². The molecule has 0 atom stereocenters. The number of carboxylic acid groups (broad SMARTS) is 1. The molecule has 82 valence electrons. The van der Waals surface area contributed by atoms with Crippen molar-refractivity contribution in [3.05, 3.63) is 0 Å². The van der Waals surface area contributed by atoms with Crippen LogP contribution in [0, 0.1) is 0 Å². The fourth-order valence-corrected chi connectivity index (χ4v) is 0.500. The molecule has 0 spiro atoms. The third kappa shape index (κ3) is 3.58. The van der Waals surface area contributed by atoms with Crippen molar-refractivity contribution in [1.82, 2.24) is 5.32 Å². The molecule has 0 unspecified atom stereocenters. The number of carboxylic acids is 1. The first-order valence-corrected chi connectivity index (χ1v) is 3.44. The fourth-order valence-electron chi connectivity index (χ4n) is 0.500. The molecule has 0 radical (unpaired) electrons. The number of aliphatic carboxylic acids is 1. The predicted octanol–water partition coefficient (Wildman–Crippen LogP) is 0.478. The Morgan fingerprint density at radius 2 is 1.86 bits per heavy atom. The Hall–Kier alpha value is -1.34. The first kappa shape index (κ1) is 12.7. The monoisotopic (exact) mass is 217 g/mol. The van der Waals surface area contributed by atoms with E-state index < -0.39 is 37.2 Å². The summed E-state index contributed by atoms with van der Waals surface area (Å²) in [5.41, 5.74) is 0. The first-order valence-electron chi connectivity index (χ1n) is 3.44. The lowest BCUT2D eigenvalue weighted by molar-refractivity contribution is -0.169. The number of alkyl halides is 4. The van der Waals surface area contributed by atoms with Gasteiger partial charge in [-0.15, -0.1) is 0 Å². The minimum Gasteiger partial charge on any atom is -0.481 e. The molecule has 0 aliphatic rings. The summed E-state index contributed by atoms with van der Waals surface area (Å²) in [4.78, 5) is 20.2. The third-order valence-corrected chi connectivity index (χ3v) is 1.20. The molecule has 0 saturated heterocycles. The number of rotatable bonds is 5. The largest absolute Gasteiger partial charge is 0.481 e. The summed E-state index contributed by atoms with van der Waals surface area (Å²) in [5, 5.41) is 9.44. The lowest BCUT2D eigenvalue weighted by Crippen LogP contribution is -2.45. The Balaban J connectivity index is 4.02. The molecule has 4 nitrogen and oxygen atoms in total. The van der Waals surface area contributed by atoms with Crippen molar-refractivity contribution in [1.29, 1.82) is 0 Å². The van der Waals surface area contributed by atoms with E-state index in [4.69, 9.17) is 5.11 Å². The highest BCUT2D eigenvalue weighted by molar-refractivity contribution is 5.84. The van der Waals surface area contributed by atoms with Crippen molar-refractivity contribution in [2.45, 2.75) is 18.8 Å². The SMILES string of the molecule is O=C(O)CCNC(=O)C(F)(F)C(F)F. The van der Waals surface area contributed by atoms with Crippen molar-refractivity contribution >= 4 is 11.9 Å². The summed E-state index contributed by atoms with van der Waals surface area (Å²) in [6, 6.07) is 0. The van der Waals surface area contributed by atoms with Crippen LogP contribution in [0.3, 0.4) is 0 Å². The molecule has 0 fully saturated rings. The average Bonchev–Trinajstić information content (AvgIpc) is 2.02. The molecule has 2 N–H and O–H groups in total. The zero-order chi connectivity index (χ0) is 11.4. The first-order chi connectivity index (χ1) is 6.28. The van der Waals surface area contributed by atoms with Crippen LogP contribution in [0.1, 0.15) is 6.42 Å². The molecule has 0 aliphatic heterocycles. The van der Waals surface area contributed by atoms with Crippen molar-refractivity contribution in [2.24, 2.45) is 0 Å². The van der Waals surface area contributed by atoms with Gasteiger partial charge in [0.2, 0.25) is 0 Å². The summed E-state index contributed by atoms with van der Waals surface area (Å²) >= 11 is 0. The molecule has 14 heavy (non-hydrogen) atoms. The van der Waals surface area contributed by atoms with Gasteiger partial charge in [0.25, 0.3) is 5.91 Å². The van der Waals surface area contributed by atoms with E-state index in [2.05, 4.69) is 0 Å². The molecule has 8 heteroatoms. The van der Waals surface area contributed by atoms with Gasteiger partial charge in [-0.25, -0.2) is 8.78 Å². The van der Waals surface area contributed by atoms with Crippen LogP contribution in [0.2, 0.25) is 0 Å². The van der Waals surface area contributed by atoms with Crippen molar-refractivity contribution in [2.75, 3.05) is 6.54 Å². The van der Waals surface area contributed by atoms with E-state index >= 15 is 0 Å². The smallest absolute Gasteiger partial charge is 0.383 e. The molecule has 0 rings (SSSR count). The number of amides is 1. The summed E-state index contributed by atoms with van der Waals surface area (Å²) in [6.45, 7) is -0.615. The Morgan fingerprint density at radius 1 is 1.36 bits per heavy atom. The van der Waals surface area contributed by atoms with E-state index in [1.165, 1.54) is 5.32 Å². The maximum atomic E-state index is 12.2. The molecule has 0 aromatic rings. The van der Waals surface area contributed by atoms with Crippen LogP contribution in [0.5, 0.6) is 0 Å². The maximum Gasteiger partial charge on any atom is 0.383 e. The summed E-state index contributed by atoms with van der Waals surface area (Å²) in [5.74, 6) is -8.28. The molecule has 0 aromatic carbocycles. The quantitative estimate of drug-likeness (QED) is 0.658. The third-order valence-electron chi connectivity index (χ3n) is 1.20. The highest BCUT2D eigenvalue weighted by atomic mass is 19.3. The van der Waals surface area contributed by atoms with Gasteiger partial charge in [-0.2, -0.15) is 8.78 Å². The van der Waals surface area contributed by atoms with Crippen LogP contribution in [-0.2, 0) is 9.59 Å². The van der Waals surface area contributed by atoms with Gasteiger partial charge < -0.3 is 10.4 Å². The highest BCUT2D eigenvalue weighted by Crippen LogP contribution is 2.22. The number of carbonyl (C=O) groups is 2. The minimum atomic E-state index is -4.78. The predicted molar refractivity (Wildman–Crippen MR) is 36.2 cm³/mol. The number of halogens is 4. The van der Waals surface area contributed by atoms with Crippen LogP contribution in [-0.4, -0.2) is 35.9 Å². The molecule has 0 aliphatic carbocycles. The molecule has 0 bridgehead atoms. The standard InChI is InChI=1S/C6H7F4NO3/c7-4(8)6(9,10)5(14)11-2-1-3(12)13/h4H,1-2H2,(H,11,14)(H,12,13). The van der Waals surface area contributed by atoms with Crippen LogP contribution < -0.4 is 5.32 Å². The zero-order valence-corrected chi connectivity index (χ0v) is 6.77. The Bertz CT molecular complexity index is 231. The molecule has 0 heterocycles. The Morgan fingerprint density at radius 3 is 2.21 bits per heavy atom.